The second-order valence-electron chi connectivity index (χ2n) is 3.29. The van der Waals surface area contributed by atoms with Crippen molar-refractivity contribution in [3.05, 3.63) is 22.6 Å². The molecule has 0 fully saturated rings. The first kappa shape index (κ1) is 11.5. The molecule has 1 rings (SSSR count). The van der Waals surface area contributed by atoms with E-state index in [9.17, 15) is 4.79 Å². The van der Waals surface area contributed by atoms with Gasteiger partial charge in [-0.25, -0.2) is 4.79 Å². The molecule has 0 saturated carbocycles. The zero-order chi connectivity index (χ0) is 11.4. The molecule has 0 aromatic carbocycles. The van der Waals surface area contributed by atoms with Gasteiger partial charge in [-0.2, -0.15) is 0 Å². The molecule has 4 nitrogen and oxygen atoms in total. The Balaban J connectivity index is 2.92. The summed E-state index contributed by atoms with van der Waals surface area (Å²) in [6, 6.07) is 0. The highest BCUT2D eigenvalue weighted by atomic mass is 16.5. The first-order valence-electron chi connectivity index (χ1n) is 4.84. The molecule has 82 valence electrons. The lowest BCUT2D eigenvalue weighted by Gasteiger charge is -2.00. The van der Waals surface area contributed by atoms with Gasteiger partial charge in [0.1, 0.15) is 5.76 Å². The summed E-state index contributed by atoms with van der Waals surface area (Å²) in [4.78, 5) is 11.4. The fraction of sp³-hybridized carbons (Fsp3) is 0.455. The molecule has 0 atom stereocenters. The maximum absolute atomic E-state index is 11.4. The summed E-state index contributed by atoms with van der Waals surface area (Å²) in [7, 11) is 0. The minimum absolute atomic E-state index is 0.308. The van der Waals surface area contributed by atoms with Gasteiger partial charge in [0.25, 0.3) is 0 Å². The number of aryl methyl sites for hydroxylation is 2. The number of aromatic nitrogens is 1. The van der Waals surface area contributed by atoms with Crippen LogP contribution in [0.4, 0.5) is 0 Å². The van der Waals surface area contributed by atoms with Gasteiger partial charge in [-0.05, 0) is 33.8 Å². The molecule has 0 bridgehead atoms. The molecule has 0 radical (unpaired) electrons. The minimum atomic E-state index is -0.308. The van der Waals surface area contributed by atoms with E-state index in [1.807, 2.05) is 13.8 Å². The number of esters is 1. The van der Waals surface area contributed by atoms with E-state index in [-0.39, 0.29) is 5.97 Å². The zero-order valence-corrected chi connectivity index (χ0v) is 9.46. The van der Waals surface area contributed by atoms with Crippen LogP contribution in [0.1, 0.15) is 30.9 Å². The Bertz CT molecular complexity index is 371. The second kappa shape index (κ2) is 4.77. The number of carbonyl (C=O) groups is 1. The average Bonchev–Trinajstić information content (AvgIpc) is 2.49. The van der Waals surface area contributed by atoms with Crippen LogP contribution in [0.25, 0.3) is 6.08 Å². The Labute approximate surface area is 88.9 Å². The molecule has 1 aromatic rings. The third-order valence-electron chi connectivity index (χ3n) is 2.05. The minimum Gasteiger partial charge on any atom is -0.463 e. The third kappa shape index (κ3) is 2.68. The summed E-state index contributed by atoms with van der Waals surface area (Å²) in [5.41, 5.74) is 2.17. The quantitative estimate of drug-likeness (QED) is 0.566. The van der Waals surface area contributed by atoms with Crippen LogP contribution in [-0.2, 0) is 9.53 Å². The van der Waals surface area contributed by atoms with Gasteiger partial charge in [0, 0.05) is 11.1 Å². The molecule has 0 spiro atoms. The summed E-state index contributed by atoms with van der Waals surface area (Å²) >= 11 is 0. The van der Waals surface area contributed by atoms with Crippen molar-refractivity contribution in [1.82, 2.24) is 5.16 Å². The van der Waals surface area contributed by atoms with E-state index in [1.54, 1.807) is 19.9 Å². The molecule has 0 aliphatic rings. The molecule has 0 unspecified atom stereocenters. The molecule has 4 heteroatoms. The molecule has 0 N–H and O–H groups in total. The van der Waals surface area contributed by atoms with Crippen LogP contribution in [0.5, 0.6) is 0 Å². The number of nitrogens with zero attached hydrogens (tertiary/aromatic N) is 1. The topological polar surface area (TPSA) is 52.3 Å². The van der Waals surface area contributed by atoms with Gasteiger partial charge in [0.05, 0.1) is 12.3 Å². The Hall–Kier alpha value is -1.58. The number of hydrogen-bond acceptors (Lipinski definition) is 4. The van der Waals surface area contributed by atoms with Crippen molar-refractivity contribution in [2.24, 2.45) is 0 Å². The monoisotopic (exact) mass is 209 g/mol. The van der Waals surface area contributed by atoms with Crippen LogP contribution >= 0.6 is 0 Å². The number of rotatable bonds is 3. The Morgan fingerprint density at radius 2 is 2.20 bits per heavy atom. The molecule has 1 heterocycles. The van der Waals surface area contributed by atoms with Gasteiger partial charge in [0.2, 0.25) is 0 Å². The molecule has 0 aliphatic heterocycles. The summed E-state index contributed by atoms with van der Waals surface area (Å²) < 4.78 is 9.86. The molecule has 0 amide bonds. The van der Waals surface area contributed by atoms with E-state index in [1.165, 1.54) is 0 Å². The predicted molar refractivity (Wildman–Crippen MR) is 56.3 cm³/mol. The number of hydrogen-bond donors (Lipinski definition) is 0. The predicted octanol–water partition coefficient (Wildman–Crippen LogP) is 2.26. The number of ether oxygens (including phenoxy) is 1. The molecule has 0 saturated heterocycles. The van der Waals surface area contributed by atoms with Crippen molar-refractivity contribution in [2.75, 3.05) is 6.61 Å². The Morgan fingerprint density at radius 1 is 1.53 bits per heavy atom. The summed E-state index contributed by atoms with van der Waals surface area (Å²) in [5.74, 6) is 0.397. The van der Waals surface area contributed by atoms with Gasteiger partial charge in [-0.1, -0.05) is 5.16 Å². The van der Waals surface area contributed by atoms with Crippen molar-refractivity contribution >= 4 is 12.0 Å². The molecule has 15 heavy (non-hydrogen) atoms. The van der Waals surface area contributed by atoms with Crippen LogP contribution in [0.3, 0.4) is 0 Å². The smallest absolute Gasteiger partial charge is 0.333 e. The van der Waals surface area contributed by atoms with Crippen molar-refractivity contribution in [1.29, 1.82) is 0 Å². The molecule has 0 aliphatic carbocycles. The average molecular weight is 209 g/mol. The fourth-order valence-corrected chi connectivity index (χ4v) is 1.22. The maximum Gasteiger partial charge on any atom is 0.333 e. The molecule has 1 aromatic heterocycles. The highest BCUT2D eigenvalue weighted by Crippen LogP contribution is 2.16. The van der Waals surface area contributed by atoms with Crippen molar-refractivity contribution in [3.8, 4) is 0 Å². The van der Waals surface area contributed by atoms with E-state index in [0.717, 1.165) is 11.3 Å². The van der Waals surface area contributed by atoms with Crippen LogP contribution < -0.4 is 0 Å². The Morgan fingerprint density at radius 3 is 2.67 bits per heavy atom. The lowest BCUT2D eigenvalue weighted by atomic mass is 10.1. The van der Waals surface area contributed by atoms with Crippen molar-refractivity contribution < 1.29 is 14.1 Å². The summed E-state index contributed by atoms with van der Waals surface area (Å²) in [5, 5.41) is 3.80. The fourth-order valence-electron chi connectivity index (χ4n) is 1.22. The van der Waals surface area contributed by atoms with E-state index in [2.05, 4.69) is 5.16 Å². The van der Waals surface area contributed by atoms with Crippen LogP contribution in [-0.4, -0.2) is 17.7 Å². The van der Waals surface area contributed by atoms with Gasteiger partial charge >= 0.3 is 5.97 Å². The van der Waals surface area contributed by atoms with Gasteiger partial charge in [-0.3, -0.25) is 0 Å². The van der Waals surface area contributed by atoms with Gasteiger partial charge in [0.15, 0.2) is 0 Å². The lowest BCUT2D eigenvalue weighted by Crippen LogP contribution is -2.04. The highest BCUT2D eigenvalue weighted by Gasteiger charge is 2.10. The molecular weight excluding hydrogens is 194 g/mol. The Kier molecular flexibility index (Phi) is 3.66. The van der Waals surface area contributed by atoms with Crippen LogP contribution in [0, 0.1) is 13.8 Å². The first-order valence-corrected chi connectivity index (χ1v) is 4.84. The SMILES string of the molecule is CCOC(=O)C(C)=Cc1c(C)noc1C. The van der Waals surface area contributed by atoms with E-state index < -0.39 is 0 Å². The van der Waals surface area contributed by atoms with Crippen LogP contribution in [0.2, 0.25) is 0 Å². The van der Waals surface area contributed by atoms with E-state index in [4.69, 9.17) is 9.26 Å². The van der Waals surface area contributed by atoms with Gasteiger partial charge in [-0.15, -0.1) is 0 Å². The first-order chi connectivity index (χ1) is 7.06. The standard InChI is InChI=1S/C11H15NO3/c1-5-14-11(13)7(2)6-10-8(3)12-15-9(10)4/h6H,5H2,1-4H3. The van der Waals surface area contributed by atoms with Gasteiger partial charge < -0.3 is 9.26 Å². The normalized spacial score (nSPS) is 11.6. The van der Waals surface area contributed by atoms with E-state index >= 15 is 0 Å². The van der Waals surface area contributed by atoms with Crippen LogP contribution in [0.15, 0.2) is 10.1 Å². The number of carbonyl (C=O) groups excluding carboxylic acids is 1. The highest BCUT2D eigenvalue weighted by molar-refractivity contribution is 5.93. The maximum atomic E-state index is 11.4. The van der Waals surface area contributed by atoms with Crippen molar-refractivity contribution in [2.45, 2.75) is 27.7 Å². The summed E-state index contributed by atoms with van der Waals surface area (Å²) in [6.07, 6.45) is 1.74. The zero-order valence-electron chi connectivity index (χ0n) is 9.46. The third-order valence-corrected chi connectivity index (χ3v) is 2.05. The largest absolute Gasteiger partial charge is 0.463 e. The van der Waals surface area contributed by atoms with E-state index in [0.29, 0.717) is 17.9 Å². The van der Waals surface area contributed by atoms with Crippen molar-refractivity contribution in [3.63, 3.8) is 0 Å². The summed E-state index contributed by atoms with van der Waals surface area (Å²) in [6.45, 7) is 7.52. The lowest BCUT2D eigenvalue weighted by molar-refractivity contribution is -0.138. The molecular formula is C11H15NO3. The second-order valence-corrected chi connectivity index (χ2v) is 3.29.